The Morgan fingerprint density at radius 2 is 1.93 bits per heavy atom. The van der Waals surface area contributed by atoms with Crippen LogP contribution in [0.3, 0.4) is 0 Å². The third-order valence-electron chi connectivity index (χ3n) is 4.93. The van der Waals surface area contributed by atoms with Crippen LogP contribution in [0.1, 0.15) is 50.2 Å². The van der Waals surface area contributed by atoms with Crippen molar-refractivity contribution in [2.75, 3.05) is 0 Å². The predicted molar refractivity (Wildman–Crippen MR) is 107 cm³/mol. The second-order valence-corrected chi connectivity index (χ2v) is 7.28. The minimum absolute atomic E-state index is 0.116. The zero-order valence-electron chi connectivity index (χ0n) is 16.0. The van der Waals surface area contributed by atoms with Crippen molar-refractivity contribution in [3.05, 3.63) is 59.8 Å². The van der Waals surface area contributed by atoms with Gasteiger partial charge in [-0.2, -0.15) is 0 Å². The van der Waals surface area contributed by atoms with E-state index in [4.69, 9.17) is 4.74 Å². The fourth-order valence-electron chi connectivity index (χ4n) is 3.32. The summed E-state index contributed by atoms with van der Waals surface area (Å²) in [5.74, 6) is 0.671. The number of hydrogen-bond donors (Lipinski definition) is 2. The van der Waals surface area contributed by atoms with E-state index in [1.165, 1.54) is 18.4 Å². The minimum atomic E-state index is -0.151. The summed E-state index contributed by atoms with van der Waals surface area (Å²) in [6, 6.07) is 14.1. The lowest BCUT2D eigenvalue weighted by Gasteiger charge is -2.15. The summed E-state index contributed by atoms with van der Waals surface area (Å²) >= 11 is 0. The Hall–Kier alpha value is -2.56. The normalized spacial score (nSPS) is 15.3. The Labute approximate surface area is 161 Å². The minimum Gasteiger partial charge on any atom is -0.474 e. The molecule has 1 atom stereocenters. The van der Waals surface area contributed by atoms with Crippen molar-refractivity contribution in [2.45, 2.75) is 64.1 Å². The molecule has 0 spiro atoms. The van der Waals surface area contributed by atoms with Crippen LogP contribution in [0.2, 0.25) is 0 Å². The van der Waals surface area contributed by atoms with Gasteiger partial charge in [-0.1, -0.05) is 36.4 Å². The number of amides is 2. The van der Waals surface area contributed by atoms with Crippen LogP contribution in [0.5, 0.6) is 5.88 Å². The van der Waals surface area contributed by atoms with Gasteiger partial charge < -0.3 is 15.4 Å². The lowest BCUT2D eigenvalue weighted by molar-refractivity contribution is 0.201. The van der Waals surface area contributed by atoms with Crippen molar-refractivity contribution in [3.8, 4) is 5.88 Å². The van der Waals surface area contributed by atoms with E-state index < -0.39 is 0 Å². The first-order chi connectivity index (χ1) is 13.2. The van der Waals surface area contributed by atoms with Crippen molar-refractivity contribution in [1.29, 1.82) is 0 Å². The van der Waals surface area contributed by atoms with E-state index in [2.05, 4.69) is 27.8 Å². The van der Waals surface area contributed by atoms with Gasteiger partial charge in [0.1, 0.15) is 6.10 Å². The van der Waals surface area contributed by atoms with Crippen LogP contribution in [-0.2, 0) is 13.0 Å². The first-order valence-electron chi connectivity index (χ1n) is 9.89. The van der Waals surface area contributed by atoms with Gasteiger partial charge in [-0.05, 0) is 56.6 Å². The molecular weight excluding hydrogens is 338 g/mol. The molecule has 3 rings (SSSR count). The topological polar surface area (TPSA) is 63.2 Å². The van der Waals surface area contributed by atoms with Gasteiger partial charge in [0.15, 0.2) is 0 Å². The molecule has 5 nitrogen and oxygen atoms in total. The van der Waals surface area contributed by atoms with E-state index in [0.29, 0.717) is 18.5 Å². The second kappa shape index (κ2) is 9.95. The predicted octanol–water partition coefficient (Wildman–Crippen LogP) is 4.22. The molecule has 144 valence electrons. The van der Waals surface area contributed by atoms with Crippen LogP contribution in [0.4, 0.5) is 4.79 Å². The van der Waals surface area contributed by atoms with Gasteiger partial charge in [0, 0.05) is 24.8 Å². The molecule has 0 radical (unpaired) electrons. The maximum Gasteiger partial charge on any atom is 0.315 e. The highest BCUT2D eigenvalue weighted by Gasteiger charge is 2.16. The number of carbonyl (C=O) groups excluding carboxylic acids is 1. The number of hydrogen-bond acceptors (Lipinski definition) is 3. The zero-order valence-corrected chi connectivity index (χ0v) is 16.0. The van der Waals surface area contributed by atoms with Crippen LogP contribution in [0, 0.1) is 0 Å². The highest BCUT2D eigenvalue weighted by molar-refractivity contribution is 5.74. The maximum atomic E-state index is 12.1. The number of pyridine rings is 1. The summed E-state index contributed by atoms with van der Waals surface area (Å²) in [6.45, 7) is 2.48. The number of aryl methyl sites for hydroxylation is 1. The highest BCUT2D eigenvalue weighted by Crippen LogP contribution is 2.22. The monoisotopic (exact) mass is 367 g/mol. The van der Waals surface area contributed by atoms with Gasteiger partial charge in [-0.25, -0.2) is 9.78 Å². The Morgan fingerprint density at radius 3 is 2.63 bits per heavy atom. The molecule has 1 aromatic heterocycles. The van der Waals surface area contributed by atoms with Crippen LogP contribution >= 0.6 is 0 Å². The van der Waals surface area contributed by atoms with Crippen LogP contribution in [0.25, 0.3) is 0 Å². The zero-order chi connectivity index (χ0) is 18.9. The average molecular weight is 367 g/mol. The Balaban J connectivity index is 1.35. The van der Waals surface area contributed by atoms with E-state index in [9.17, 15) is 4.79 Å². The molecule has 1 saturated carbocycles. The number of aromatic nitrogens is 1. The fourth-order valence-corrected chi connectivity index (χ4v) is 3.32. The molecule has 1 aliphatic rings. The molecule has 0 saturated heterocycles. The van der Waals surface area contributed by atoms with E-state index in [-0.39, 0.29) is 12.1 Å². The second-order valence-electron chi connectivity index (χ2n) is 7.28. The van der Waals surface area contributed by atoms with E-state index in [1.807, 2.05) is 37.3 Å². The molecule has 1 aromatic carbocycles. The van der Waals surface area contributed by atoms with Crippen molar-refractivity contribution in [2.24, 2.45) is 0 Å². The number of urea groups is 1. The number of benzene rings is 1. The number of nitrogens with zero attached hydrogens (tertiary/aromatic N) is 1. The number of ether oxygens (including phenoxy) is 1. The number of carbonyl (C=O) groups is 1. The smallest absolute Gasteiger partial charge is 0.315 e. The Bertz CT molecular complexity index is 697. The summed E-state index contributed by atoms with van der Waals surface area (Å²) in [4.78, 5) is 16.4. The van der Waals surface area contributed by atoms with E-state index in [1.54, 1.807) is 6.20 Å². The third kappa shape index (κ3) is 6.59. The van der Waals surface area contributed by atoms with Crippen molar-refractivity contribution >= 4 is 6.03 Å². The van der Waals surface area contributed by atoms with Crippen molar-refractivity contribution in [1.82, 2.24) is 15.6 Å². The molecule has 1 fully saturated rings. The lowest BCUT2D eigenvalue weighted by Crippen LogP contribution is -2.40. The molecule has 1 aliphatic carbocycles. The lowest BCUT2D eigenvalue weighted by atomic mass is 10.1. The number of rotatable bonds is 8. The molecule has 2 N–H and O–H groups in total. The van der Waals surface area contributed by atoms with E-state index >= 15 is 0 Å². The molecule has 0 aliphatic heterocycles. The quantitative estimate of drug-likeness (QED) is 0.734. The van der Waals surface area contributed by atoms with Gasteiger partial charge >= 0.3 is 6.03 Å². The Kier molecular flexibility index (Phi) is 7.08. The largest absolute Gasteiger partial charge is 0.474 e. The first kappa shape index (κ1) is 19.2. The summed E-state index contributed by atoms with van der Waals surface area (Å²) in [6.07, 6.45) is 8.66. The highest BCUT2D eigenvalue weighted by atomic mass is 16.5. The summed E-state index contributed by atoms with van der Waals surface area (Å²) in [5.41, 5.74) is 2.25. The summed E-state index contributed by atoms with van der Waals surface area (Å²) < 4.78 is 5.86. The Morgan fingerprint density at radius 1 is 1.15 bits per heavy atom. The van der Waals surface area contributed by atoms with Gasteiger partial charge in [0.05, 0.1) is 0 Å². The van der Waals surface area contributed by atoms with Crippen molar-refractivity contribution in [3.63, 3.8) is 0 Å². The molecule has 1 unspecified atom stereocenters. The molecular formula is C22H29N3O2. The van der Waals surface area contributed by atoms with Crippen molar-refractivity contribution < 1.29 is 9.53 Å². The molecule has 2 aromatic rings. The molecule has 1 heterocycles. The summed E-state index contributed by atoms with van der Waals surface area (Å²) in [5, 5.41) is 5.87. The maximum absolute atomic E-state index is 12.1. The van der Waals surface area contributed by atoms with Gasteiger partial charge in [0.25, 0.3) is 0 Å². The van der Waals surface area contributed by atoms with Gasteiger partial charge in [-0.15, -0.1) is 0 Å². The molecule has 27 heavy (non-hydrogen) atoms. The van der Waals surface area contributed by atoms with Gasteiger partial charge in [0.2, 0.25) is 5.88 Å². The molecule has 0 bridgehead atoms. The summed E-state index contributed by atoms with van der Waals surface area (Å²) in [7, 11) is 0. The first-order valence-corrected chi connectivity index (χ1v) is 9.89. The van der Waals surface area contributed by atoms with Crippen LogP contribution in [0.15, 0.2) is 48.7 Å². The average Bonchev–Trinajstić information content (AvgIpc) is 3.20. The van der Waals surface area contributed by atoms with E-state index in [0.717, 1.165) is 31.2 Å². The molecule has 2 amide bonds. The molecule has 5 heteroatoms. The van der Waals surface area contributed by atoms with Gasteiger partial charge in [-0.3, -0.25) is 0 Å². The van der Waals surface area contributed by atoms with Crippen LogP contribution in [-0.4, -0.2) is 23.2 Å². The number of nitrogens with one attached hydrogen (secondary N) is 2. The SMILES string of the molecule is CC(CCc1ccccc1)NC(=O)NCc1ccc(OC2CCCC2)nc1. The van der Waals surface area contributed by atoms with Crippen LogP contribution < -0.4 is 15.4 Å². The standard InChI is InChI=1S/C22H29N3O2/c1-17(11-12-18-7-3-2-4-8-18)25-22(26)24-16-19-13-14-21(23-15-19)27-20-9-5-6-10-20/h2-4,7-8,13-15,17,20H,5-6,9-12,16H2,1H3,(H2,24,25,26). The third-order valence-corrected chi connectivity index (χ3v) is 4.93. The fraction of sp³-hybridized carbons (Fsp3) is 0.455.